The Hall–Kier alpha value is -3.31. The van der Waals surface area contributed by atoms with Crippen molar-refractivity contribution in [3.05, 3.63) is 88.6 Å². The third-order valence-corrected chi connectivity index (χ3v) is 4.36. The highest BCUT2D eigenvalue weighted by Gasteiger charge is 2.21. The Kier molecular flexibility index (Phi) is 4.77. The van der Waals surface area contributed by atoms with E-state index in [-0.39, 0.29) is 5.91 Å². The van der Waals surface area contributed by atoms with Gasteiger partial charge in [-0.1, -0.05) is 48.0 Å². The van der Waals surface area contributed by atoms with Gasteiger partial charge < -0.3 is 4.90 Å². The Morgan fingerprint density at radius 1 is 1.15 bits per heavy atom. The predicted molar refractivity (Wildman–Crippen MR) is 109 cm³/mol. The second kappa shape index (κ2) is 7.51. The molecule has 0 aliphatic carbocycles. The van der Waals surface area contributed by atoms with E-state index in [1.165, 1.54) is 6.08 Å². The monoisotopic (exact) mass is 374 g/mol. The number of benzene rings is 2. The lowest BCUT2D eigenvalue weighted by Gasteiger charge is -2.19. The van der Waals surface area contributed by atoms with Gasteiger partial charge in [0.05, 0.1) is 6.54 Å². The summed E-state index contributed by atoms with van der Waals surface area (Å²) in [5, 5.41) is 0.649. The molecule has 0 N–H and O–H groups in total. The zero-order valence-electron chi connectivity index (χ0n) is 14.3. The number of hydrogen-bond acceptors (Lipinski definition) is 3. The molecule has 0 aromatic heterocycles. The summed E-state index contributed by atoms with van der Waals surface area (Å²) < 4.78 is 0. The largest absolute Gasteiger partial charge is 0.313 e. The van der Waals surface area contributed by atoms with Gasteiger partial charge in [0, 0.05) is 29.1 Å². The summed E-state index contributed by atoms with van der Waals surface area (Å²) in [7, 11) is 0. The Labute approximate surface area is 161 Å². The average molecular weight is 375 g/mol. The summed E-state index contributed by atoms with van der Waals surface area (Å²) in [4.78, 5) is 27.3. The van der Waals surface area contributed by atoms with Gasteiger partial charge >= 0.3 is 0 Å². The van der Waals surface area contributed by atoms with Crippen molar-refractivity contribution in [3.8, 4) is 0 Å². The molecule has 4 rings (SSSR count). The molecule has 2 heterocycles. The van der Waals surface area contributed by atoms with Crippen LogP contribution in [0.1, 0.15) is 16.7 Å². The number of carbonyl (C=O) groups is 1. The molecule has 0 unspecified atom stereocenters. The number of amides is 1. The highest BCUT2D eigenvalue weighted by Crippen LogP contribution is 2.20. The van der Waals surface area contributed by atoms with Gasteiger partial charge in [-0.3, -0.25) is 4.79 Å². The maximum Gasteiger partial charge on any atom is 0.271 e. The Morgan fingerprint density at radius 3 is 2.81 bits per heavy atom. The number of amidine groups is 1. The lowest BCUT2D eigenvalue weighted by atomic mass is 10.1. The van der Waals surface area contributed by atoms with Crippen molar-refractivity contribution in [2.24, 2.45) is 15.0 Å². The second-order valence-corrected chi connectivity index (χ2v) is 6.41. The molecule has 2 aromatic carbocycles. The molecular formula is C21H15ClN4O. The standard InChI is InChI=1S/C21H15ClN4O/c22-17-9-6-15(7-10-17)8-11-19(27)24-20-18-5-2-1-4-16(18)14-26-13-3-12-23-21(26)25-20/h1-13H,14H2. The minimum absolute atomic E-state index is 0.362. The lowest BCUT2D eigenvalue weighted by Crippen LogP contribution is -2.24. The first-order valence-electron chi connectivity index (χ1n) is 8.40. The first-order chi connectivity index (χ1) is 13.2. The number of halogens is 1. The van der Waals surface area contributed by atoms with Crippen LogP contribution >= 0.6 is 11.6 Å². The molecule has 0 bridgehead atoms. The third-order valence-electron chi connectivity index (χ3n) is 4.11. The smallest absolute Gasteiger partial charge is 0.271 e. The normalized spacial score (nSPS) is 16.9. The van der Waals surface area contributed by atoms with Crippen LogP contribution in [0, 0.1) is 0 Å². The zero-order chi connectivity index (χ0) is 18.6. The molecule has 6 heteroatoms. The molecule has 0 fully saturated rings. The maximum atomic E-state index is 12.4. The van der Waals surface area contributed by atoms with Gasteiger partial charge in [0.25, 0.3) is 5.91 Å². The van der Waals surface area contributed by atoms with Crippen molar-refractivity contribution < 1.29 is 4.79 Å². The average Bonchev–Trinajstić information content (AvgIpc) is 2.84. The molecule has 1 amide bonds. The summed E-state index contributed by atoms with van der Waals surface area (Å²) in [5.74, 6) is 0.492. The molecule has 132 valence electrons. The quantitative estimate of drug-likeness (QED) is 0.743. The van der Waals surface area contributed by atoms with E-state index in [9.17, 15) is 4.79 Å². The predicted octanol–water partition coefficient (Wildman–Crippen LogP) is 4.10. The maximum absolute atomic E-state index is 12.4. The summed E-state index contributed by atoms with van der Waals surface area (Å²) in [6, 6.07) is 15.0. The van der Waals surface area contributed by atoms with Crippen LogP contribution in [0.4, 0.5) is 0 Å². The topological polar surface area (TPSA) is 57.4 Å². The Bertz CT molecular complexity index is 1030. The first-order valence-corrected chi connectivity index (χ1v) is 8.77. The molecule has 27 heavy (non-hydrogen) atoms. The zero-order valence-corrected chi connectivity index (χ0v) is 15.0. The summed E-state index contributed by atoms with van der Waals surface area (Å²) in [6.07, 6.45) is 8.56. The molecule has 2 aliphatic rings. The van der Waals surface area contributed by atoms with E-state index in [2.05, 4.69) is 15.0 Å². The van der Waals surface area contributed by atoms with Crippen LogP contribution in [0.5, 0.6) is 0 Å². The highest BCUT2D eigenvalue weighted by atomic mass is 35.5. The van der Waals surface area contributed by atoms with E-state index in [0.29, 0.717) is 23.4 Å². The first kappa shape index (κ1) is 17.1. The van der Waals surface area contributed by atoms with Crippen molar-refractivity contribution >= 4 is 41.6 Å². The van der Waals surface area contributed by atoms with Gasteiger partial charge in [0.1, 0.15) is 0 Å². The Morgan fingerprint density at radius 2 is 1.96 bits per heavy atom. The number of carbonyl (C=O) groups excluding carboxylic acids is 1. The van der Waals surface area contributed by atoms with Gasteiger partial charge in [-0.2, -0.15) is 9.98 Å². The van der Waals surface area contributed by atoms with Gasteiger partial charge in [-0.05, 0) is 35.4 Å². The van der Waals surface area contributed by atoms with E-state index in [0.717, 1.165) is 16.7 Å². The van der Waals surface area contributed by atoms with Crippen LogP contribution in [0.15, 0.2) is 81.9 Å². The van der Waals surface area contributed by atoms with Gasteiger partial charge in [0.2, 0.25) is 5.96 Å². The Balaban J connectivity index is 1.67. The number of guanidine groups is 1. The molecule has 0 spiro atoms. The third kappa shape index (κ3) is 3.93. The van der Waals surface area contributed by atoms with Crippen molar-refractivity contribution in [1.29, 1.82) is 0 Å². The number of nitrogens with zero attached hydrogens (tertiary/aromatic N) is 4. The van der Waals surface area contributed by atoms with Crippen molar-refractivity contribution in [2.45, 2.75) is 6.54 Å². The SMILES string of the molecule is O=C(C=Cc1ccc(Cl)cc1)N=C1N=C2N=CC=CN2Cc2ccccc21. The van der Waals surface area contributed by atoms with Crippen molar-refractivity contribution in [3.63, 3.8) is 0 Å². The molecule has 5 nitrogen and oxygen atoms in total. The van der Waals surface area contributed by atoms with E-state index < -0.39 is 0 Å². The minimum atomic E-state index is -0.386. The van der Waals surface area contributed by atoms with Gasteiger partial charge in [-0.25, -0.2) is 4.99 Å². The molecule has 0 saturated heterocycles. The molecule has 0 atom stereocenters. The fourth-order valence-electron chi connectivity index (χ4n) is 2.79. The van der Waals surface area contributed by atoms with Crippen LogP contribution in [0.2, 0.25) is 5.02 Å². The van der Waals surface area contributed by atoms with Crippen molar-refractivity contribution in [2.75, 3.05) is 0 Å². The lowest BCUT2D eigenvalue weighted by molar-refractivity contribution is -0.113. The van der Waals surface area contributed by atoms with Crippen molar-refractivity contribution in [1.82, 2.24) is 4.90 Å². The number of rotatable bonds is 2. The molecule has 0 radical (unpaired) electrons. The fourth-order valence-corrected chi connectivity index (χ4v) is 2.92. The number of hydrogen-bond donors (Lipinski definition) is 0. The van der Waals surface area contributed by atoms with Crippen LogP contribution in [-0.2, 0) is 11.3 Å². The number of fused-ring (bicyclic) bond motifs is 2. The molecular weight excluding hydrogens is 360 g/mol. The van der Waals surface area contributed by atoms with Crippen LogP contribution in [0.3, 0.4) is 0 Å². The molecule has 0 saturated carbocycles. The van der Waals surface area contributed by atoms with Crippen LogP contribution < -0.4 is 0 Å². The van der Waals surface area contributed by atoms with E-state index in [1.807, 2.05) is 53.6 Å². The highest BCUT2D eigenvalue weighted by molar-refractivity contribution is 6.30. The van der Waals surface area contributed by atoms with Crippen LogP contribution in [0.25, 0.3) is 6.08 Å². The number of aliphatic imine (C=N–C) groups is 3. The van der Waals surface area contributed by atoms with E-state index in [1.54, 1.807) is 24.4 Å². The van der Waals surface area contributed by atoms with Gasteiger partial charge in [0.15, 0.2) is 5.84 Å². The van der Waals surface area contributed by atoms with E-state index in [4.69, 9.17) is 11.6 Å². The minimum Gasteiger partial charge on any atom is -0.313 e. The summed E-state index contributed by atoms with van der Waals surface area (Å²) in [5.41, 5.74) is 2.73. The van der Waals surface area contributed by atoms with E-state index >= 15 is 0 Å². The number of allylic oxidation sites excluding steroid dienone is 1. The van der Waals surface area contributed by atoms with Gasteiger partial charge in [-0.15, -0.1) is 0 Å². The second-order valence-electron chi connectivity index (χ2n) is 5.98. The summed E-state index contributed by atoms with van der Waals surface area (Å²) >= 11 is 5.87. The fraction of sp³-hybridized carbons (Fsp3) is 0.0476. The van der Waals surface area contributed by atoms with Crippen LogP contribution in [-0.4, -0.2) is 28.8 Å². The molecule has 2 aliphatic heterocycles. The summed E-state index contributed by atoms with van der Waals surface area (Å²) in [6.45, 7) is 0.622. The molecule has 2 aromatic rings.